The van der Waals surface area contributed by atoms with Gasteiger partial charge in [0.1, 0.15) is 0 Å². The van der Waals surface area contributed by atoms with E-state index in [9.17, 15) is 4.79 Å². The highest BCUT2D eigenvalue weighted by Gasteiger charge is 2.22. The van der Waals surface area contributed by atoms with Crippen LogP contribution in [-0.4, -0.2) is 31.3 Å². The summed E-state index contributed by atoms with van der Waals surface area (Å²) in [6.45, 7) is 3.27. The van der Waals surface area contributed by atoms with Crippen LogP contribution in [-0.2, 0) is 11.2 Å². The van der Waals surface area contributed by atoms with Crippen LogP contribution in [0.1, 0.15) is 38.2 Å². The van der Waals surface area contributed by atoms with E-state index >= 15 is 0 Å². The SMILES string of the molecule is CC(CCc1ccc2c(c1)OCO2)NC1CCCCNC1=O. The van der Waals surface area contributed by atoms with Crippen LogP contribution in [0, 0.1) is 0 Å². The topological polar surface area (TPSA) is 59.6 Å². The highest BCUT2D eigenvalue weighted by Crippen LogP contribution is 2.32. The molecule has 1 aromatic carbocycles. The van der Waals surface area contributed by atoms with Crippen LogP contribution >= 0.6 is 0 Å². The molecule has 0 bridgehead atoms. The molecular weight excluding hydrogens is 280 g/mol. The summed E-state index contributed by atoms with van der Waals surface area (Å²) in [6, 6.07) is 6.36. The summed E-state index contributed by atoms with van der Waals surface area (Å²) in [5, 5.41) is 6.43. The van der Waals surface area contributed by atoms with Crippen LogP contribution in [0.5, 0.6) is 11.5 Å². The monoisotopic (exact) mass is 304 g/mol. The van der Waals surface area contributed by atoms with Gasteiger partial charge < -0.3 is 20.1 Å². The standard InChI is InChI=1S/C17H24N2O3/c1-12(19-14-4-2-3-9-18-17(14)20)5-6-13-7-8-15-16(10-13)22-11-21-15/h7-8,10,12,14,19H,2-6,9,11H2,1H3,(H,18,20). The lowest BCUT2D eigenvalue weighted by molar-refractivity contribution is -0.123. The zero-order chi connectivity index (χ0) is 15.4. The largest absolute Gasteiger partial charge is 0.454 e. The van der Waals surface area contributed by atoms with Gasteiger partial charge in [-0.2, -0.15) is 0 Å². The van der Waals surface area contributed by atoms with Crippen molar-refractivity contribution in [3.8, 4) is 11.5 Å². The second kappa shape index (κ2) is 7.01. The van der Waals surface area contributed by atoms with Gasteiger partial charge in [-0.15, -0.1) is 0 Å². The Labute approximate surface area is 131 Å². The number of nitrogens with one attached hydrogen (secondary N) is 2. The van der Waals surface area contributed by atoms with E-state index in [-0.39, 0.29) is 11.9 Å². The lowest BCUT2D eigenvalue weighted by atomic mass is 10.0. The summed E-state index contributed by atoms with van der Waals surface area (Å²) in [7, 11) is 0. The number of amides is 1. The van der Waals surface area contributed by atoms with Crippen molar-refractivity contribution in [2.24, 2.45) is 0 Å². The van der Waals surface area contributed by atoms with Gasteiger partial charge in [0, 0.05) is 12.6 Å². The van der Waals surface area contributed by atoms with Crippen LogP contribution < -0.4 is 20.1 Å². The van der Waals surface area contributed by atoms with E-state index < -0.39 is 0 Å². The second-order valence-electron chi connectivity index (χ2n) is 6.13. The van der Waals surface area contributed by atoms with Gasteiger partial charge in [-0.25, -0.2) is 0 Å². The summed E-state index contributed by atoms with van der Waals surface area (Å²) in [6.07, 6.45) is 5.06. The number of fused-ring (bicyclic) bond motifs is 1. The van der Waals surface area contributed by atoms with Gasteiger partial charge >= 0.3 is 0 Å². The van der Waals surface area contributed by atoms with E-state index in [2.05, 4.69) is 23.6 Å². The lowest BCUT2D eigenvalue weighted by Crippen LogP contribution is -2.46. The molecule has 120 valence electrons. The number of rotatable bonds is 5. The molecule has 0 radical (unpaired) electrons. The maximum atomic E-state index is 11.9. The number of carbonyl (C=O) groups is 1. The molecule has 1 saturated heterocycles. The second-order valence-corrected chi connectivity index (χ2v) is 6.13. The fraction of sp³-hybridized carbons (Fsp3) is 0.588. The maximum absolute atomic E-state index is 11.9. The Morgan fingerprint density at radius 2 is 2.18 bits per heavy atom. The Hall–Kier alpha value is -1.75. The third-order valence-corrected chi connectivity index (χ3v) is 4.32. The van der Waals surface area contributed by atoms with Gasteiger partial charge in [-0.1, -0.05) is 6.07 Å². The summed E-state index contributed by atoms with van der Waals surface area (Å²) >= 11 is 0. The minimum atomic E-state index is -0.0470. The Kier molecular flexibility index (Phi) is 4.83. The Morgan fingerprint density at radius 1 is 1.32 bits per heavy atom. The molecule has 5 heteroatoms. The average Bonchev–Trinajstić information content (AvgIpc) is 2.89. The Balaban J connectivity index is 1.49. The number of aryl methyl sites for hydroxylation is 1. The zero-order valence-electron chi connectivity index (χ0n) is 13.1. The van der Waals surface area contributed by atoms with E-state index in [1.165, 1.54) is 5.56 Å². The number of benzene rings is 1. The highest BCUT2D eigenvalue weighted by molar-refractivity contribution is 5.81. The number of hydrogen-bond donors (Lipinski definition) is 2. The van der Waals surface area contributed by atoms with E-state index in [1.54, 1.807) is 0 Å². The first-order valence-electron chi connectivity index (χ1n) is 8.14. The van der Waals surface area contributed by atoms with Crippen molar-refractivity contribution >= 4 is 5.91 Å². The van der Waals surface area contributed by atoms with E-state index in [1.807, 2.05) is 12.1 Å². The van der Waals surface area contributed by atoms with Crippen LogP contribution in [0.4, 0.5) is 0 Å². The first kappa shape index (κ1) is 15.2. The van der Waals surface area contributed by atoms with Gasteiger partial charge in [0.2, 0.25) is 12.7 Å². The summed E-state index contributed by atoms with van der Waals surface area (Å²) in [5.74, 6) is 1.80. The zero-order valence-corrected chi connectivity index (χ0v) is 13.1. The quantitative estimate of drug-likeness (QED) is 0.873. The molecule has 1 amide bonds. The maximum Gasteiger partial charge on any atom is 0.237 e. The summed E-state index contributed by atoms with van der Waals surface area (Å²) < 4.78 is 10.7. The number of hydrogen-bond acceptors (Lipinski definition) is 4. The molecule has 2 N–H and O–H groups in total. The molecule has 2 atom stereocenters. The normalized spacial score (nSPS) is 22.0. The first-order valence-corrected chi connectivity index (χ1v) is 8.14. The van der Waals surface area contributed by atoms with Crippen LogP contribution in [0.25, 0.3) is 0 Å². The van der Waals surface area contributed by atoms with Crippen molar-refractivity contribution in [2.75, 3.05) is 13.3 Å². The van der Waals surface area contributed by atoms with Crippen LogP contribution in [0.15, 0.2) is 18.2 Å². The molecule has 0 saturated carbocycles. The summed E-state index contributed by atoms with van der Waals surface area (Å²) in [4.78, 5) is 11.9. The van der Waals surface area contributed by atoms with Crippen molar-refractivity contribution in [2.45, 2.75) is 51.1 Å². The molecule has 1 fully saturated rings. The van der Waals surface area contributed by atoms with Gasteiger partial charge in [0.25, 0.3) is 0 Å². The molecule has 0 aliphatic carbocycles. The minimum Gasteiger partial charge on any atom is -0.454 e. The van der Waals surface area contributed by atoms with E-state index in [0.29, 0.717) is 12.8 Å². The molecule has 2 aliphatic rings. The lowest BCUT2D eigenvalue weighted by Gasteiger charge is -2.21. The Bertz CT molecular complexity index is 533. The van der Waals surface area contributed by atoms with Crippen molar-refractivity contribution in [3.63, 3.8) is 0 Å². The van der Waals surface area contributed by atoms with Gasteiger partial charge in [-0.05, 0) is 56.7 Å². The number of carbonyl (C=O) groups excluding carboxylic acids is 1. The molecule has 3 rings (SSSR count). The minimum absolute atomic E-state index is 0.0470. The van der Waals surface area contributed by atoms with E-state index in [4.69, 9.17) is 9.47 Å². The molecule has 1 aromatic rings. The molecule has 0 spiro atoms. The molecule has 2 unspecified atom stereocenters. The van der Waals surface area contributed by atoms with Crippen molar-refractivity contribution in [1.29, 1.82) is 0 Å². The fourth-order valence-corrected chi connectivity index (χ4v) is 3.00. The van der Waals surface area contributed by atoms with Crippen molar-refractivity contribution < 1.29 is 14.3 Å². The van der Waals surface area contributed by atoms with Gasteiger partial charge in [-0.3, -0.25) is 4.79 Å². The molecule has 2 heterocycles. The Morgan fingerprint density at radius 3 is 3.09 bits per heavy atom. The third kappa shape index (κ3) is 3.71. The van der Waals surface area contributed by atoms with Gasteiger partial charge in [0.15, 0.2) is 11.5 Å². The van der Waals surface area contributed by atoms with E-state index in [0.717, 1.165) is 50.1 Å². The molecule has 0 aromatic heterocycles. The smallest absolute Gasteiger partial charge is 0.237 e. The van der Waals surface area contributed by atoms with Crippen LogP contribution in [0.3, 0.4) is 0 Å². The van der Waals surface area contributed by atoms with Crippen molar-refractivity contribution in [1.82, 2.24) is 10.6 Å². The van der Waals surface area contributed by atoms with Crippen LogP contribution in [0.2, 0.25) is 0 Å². The third-order valence-electron chi connectivity index (χ3n) is 4.32. The average molecular weight is 304 g/mol. The highest BCUT2D eigenvalue weighted by atomic mass is 16.7. The van der Waals surface area contributed by atoms with Gasteiger partial charge in [0.05, 0.1) is 6.04 Å². The number of ether oxygens (including phenoxy) is 2. The fourth-order valence-electron chi connectivity index (χ4n) is 3.00. The first-order chi connectivity index (χ1) is 10.7. The summed E-state index contributed by atoms with van der Waals surface area (Å²) in [5.41, 5.74) is 1.24. The molecule has 22 heavy (non-hydrogen) atoms. The molecule has 5 nitrogen and oxygen atoms in total. The predicted molar refractivity (Wildman–Crippen MR) is 84.1 cm³/mol. The van der Waals surface area contributed by atoms with Crippen molar-refractivity contribution in [3.05, 3.63) is 23.8 Å². The molecular formula is C17H24N2O3. The molecule has 2 aliphatic heterocycles. The predicted octanol–water partition coefficient (Wildman–Crippen LogP) is 1.99.